The Morgan fingerprint density at radius 2 is 1.33 bits per heavy atom. The average Bonchev–Trinajstić information content (AvgIpc) is 2.41. The lowest BCUT2D eigenvalue weighted by atomic mass is 10.2. The van der Waals surface area contributed by atoms with E-state index in [4.69, 9.17) is 14.2 Å². The van der Waals surface area contributed by atoms with Crippen molar-refractivity contribution in [3.05, 3.63) is 48.0 Å². The van der Waals surface area contributed by atoms with Gasteiger partial charge in [0.2, 0.25) is 0 Å². The predicted octanol–water partition coefficient (Wildman–Crippen LogP) is 3.80. The molecule has 0 bridgehead atoms. The SMILES string of the molecule is COc1ccc(Oc2ccc(C)cc2)cc1OC. The van der Waals surface area contributed by atoms with Gasteiger partial charge in [0.05, 0.1) is 14.2 Å². The Balaban J connectivity index is 2.21. The first-order valence-electron chi connectivity index (χ1n) is 5.69. The van der Waals surface area contributed by atoms with Crippen LogP contribution in [0.3, 0.4) is 0 Å². The minimum atomic E-state index is 0.655. The van der Waals surface area contributed by atoms with E-state index < -0.39 is 0 Å². The summed E-state index contributed by atoms with van der Waals surface area (Å²) >= 11 is 0. The van der Waals surface area contributed by atoms with Crippen LogP contribution in [-0.4, -0.2) is 14.2 Å². The normalized spacial score (nSPS) is 9.94. The zero-order valence-corrected chi connectivity index (χ0v) is 10.8. The summed E-state index contributed by atoms with van der Waals surface area (Å²) in [5.41, 5.74) is 1.20. The minimum absolute atomic E-state index is 0.655. The molecule has 3 nitrogen and oxygen atoms in total. The highest BCUT2D eigenvalue weighted by Crippen LogP contribution is 2.32. The maximum atomic E-state index is 5.74. The topological polar surface area (TPSA) is 27.7 Å². The van der Waals surface area contributed by atoms with Gasteiger partial charge < -0.3 is 14.2 Å². The quantitative estimate of drug-likeness (QED) is 0.818. The Hall–Kier alpha value is -2.16. The molecule has 2 rings (SSSR count). The molecule has 0 N–H and O–H groups in total. The zero-order chi connectivity index (χ0) is 13.0. The molecule has 0 saturated carbocycles. The van der Waals surface area contributed by atoms with Gasteiger partial charge in [-0.2, -0.15) is 0 Å². The molecule has 0 saturated heterocycles. The summed E-state index contributed by atoms with van der Waals surface area (Å²) in [5.74, 6) is 2.86. The van der Waals surface area contributed by atoms with Crippen molar-refractivity contribution in [2.75, 3.05) is 14.2 Å². The molecule has 0 unspecified atom stereocenters. The summed E-state index contributed by atoms with van der Waals surface area (Å²) in [7, 11) is 3.21. The number of benzene rings is 2. The zero-order valence-electron chi connectivity index (χ0n) is 10.8. The second-order valence-corrected chi connectivity index (χ2v) is 3.93. The third-order valence-electron chi connectivity index (χ3n) is 2.61. The van der Waals surface area contributed by atoms with Crippen LogP contribution in [-0.2, 0) is 0 Å². The van der Waals surface area contributed by atoms with Crippen LogP contribution in [0.15, 0.2) is 42.5 Å². The van der Waals surface area contributed by atoms with Crippen LogP contribution in [0.25, 0.3) is 0 Å². The number of hydrogen-bond donors (Lipinski definition) is 0. The van der Waals surface area contributed by atoms with Gasteiger partial charge in [0.15, 0.2) is 11.5 Å². The van der Waals surface area contributed by atoms with Crippen molar-refractivity contribution in [2.24, 2.45) is 0 Å². The van der Waals surface area contributed by atoms with Gasteiger partial charge in [-0.3, -0.25) is 0 Å². The van der Waals surface area contributed by atoms with E-state index in [0.29, 0.717) is 11.5 Å². The van der Waals surface area contributed by atoms with E-state index in [9.17, 15) is 0 Å². The first-order valence-corrected chi connectivity index (χ1v) is 5.69. The van der Waals surface area contributed by atoms with Crippen LogP contribution < -0.4 is 14.2 Å². The molecule has 18 heavy (non-hydrogen) atoms. The molecule has 3 heteroatoms. The van der Waals surface area contributed by atoms with E-state index in [2.05, 4.69) is 0 Å². The Morgan fingerprint density at radius 3 is 1.94 bits per heavy atom. The molecule has 0 fully saturated rings. The Labute approximate surface area is 107 Å². The number of aryl methyl sites for hydroxylation is 1. The Morgan fingerprint density at radius 1 is 0.722 bits per heavy atom. The molecule has 0 aromatic heterocycles. The third-order valence-corrected chi connectivity index (χ3v) is 2.61. The number of ether oxygens (including phenoxy) is 3. The first-order chi connectivity index (χ1) is 8.72. The largest absolute Gasteiger partial charge is 0.493 e. The van der Waals surface area contributed by atoms with Crippen LogP contribution in [0, 0.1) is 6.92 Å². The van der Waals surface area contributed by atoms with E-state index in [1.807, 2.05) is 43.3 Å². The Bertz CT molecular complexity index is 518. The van der Waals surface area contributed by atoms with Gasteiger partial charge in [-0.25, -0.2) is 0 Å². The molecule has 0 radical (unpaired) electrons. The van der Waals surface area contributed by atoms with Crippen molar-refractivity contribution >= 4 is 0 Å². The maximum absolute atomic E-state index is 5.74. The molecule has 0 aliphatic rings. The molecule has 94 valence electrons. The fourth-order valence-corrected chi connectivity index (χ4v) is 1.62. The van der Waals surface area contributed by atoms with Crippen LogP contribution >= 0.6 is 0 Å². The lowest BCUT2D eigenvalue weighted by Crippen LogP contribution is -1.91. The molecular formula is C15H16O3. The van der Waals surface area contributed by atoms with Crippen LogP contribution in [0.5, 0.6) is 23.0 Å². The van der Waals surface area contributed by atoms with E-state index in [1.54, 1.807) is 20.3 Å². The van der Waals surface area contributed by atoms with Crippen molar-refractivity contribution in [1.29, 1.82) is 0 Å². The smallest absolute Gasteiger partial charge is 0.164 e. The molecule has 2 aromatic rings. The van der Waals surface area contributed by atoms with Crippen molar-refractivity contribution in [3.63, 3.8) is 0 Å². The van der Waals surface area contributed by atoms with E-state index in [0.717, 1.165) is 11.5 Å². The molecule has 0 heterocycles. The summed E-state index contributed by atoms with van der Waals surface area (Å²) in [5, 5.41) is 0. The molecule has 0 atom stereocenters. The molecule has 0 aliphatic carbocycles. The summed E-state index contributed by atoms with van der Waals surface area (Å²) < 4.78 is 16.1. The molecule has 0 amide bonds. The van der Waals surface area contributed by atoms with Crippen molar-refractivity contribution in [1.82, 2.24) is 0 Å². The number of hydrogen-bond acceptors (Lipinski definition) is 3. The first kappa shape index (κ1) is 12.3. The fraction of sp³-hybridized carbons (Fsp3) is 0.200. The average molecular weight is 244 g/mol. The van der Waals surface area contributed by atoms with E-state index >= 15 is 0 Å². The highest BCUT2D eigenvalue weighted by Gasteiger charge is 2.05. The lowest BCUT2D eigenvalue weighted by molar-refractivity contribution is 0.352. The number of rotatable bonds is 4. The van der Waals surface area contributed by atoms with Crippen molar-refractivity contribution in [3.8, 4) is 23.0 Å². The summed E-state index contributed by atoms with van der Waals surface area (Å²) in [6.45, 7) is 2.04. The second kappa shape index (κ2) is 5.45. The summed E-state index contributed by atoms with van der Waals surface area (Å²) in [6, 6.07) is 13.4. The molecule has 0 aliphatic heterocycles. The molecule has 0 spiro atoms. The van der Waals surface area contributed by atoms with Gasteiger partial charge in [0.1, 0.15) is 11.5 Å². The number of methoxy groups -OCH3 is 2. The van der Waals surface area contributed by atoms with Gasteiger partial charge >= 0.3 is 0 Å². The van der Waals surface area contributed by atoms with Gasteiger partial charge in [-0.05, 0) is 31.2 Å². The van der Waals surface area contributed by atoms with Crippen molar-refractivity contribution in [2.45, 2.75) is 6.92 Å². The highest BCUT2D eigenvalue weighted by molar-refractivity contribution is 5.46. The third kappa shape index (κ3) is 2.74. The van der Waals surface area contributed by atoms with E-state index in [-0.39, 0.29) is 0 Å². The van der Waals surface area contributed by atoms with E-state index in [1.165, 1.54) is 5.56 Å². The van der Waals surface area contributed by atoms with Crippen molar-refractivity contribution < 1.29 is 14.2 Å². The lowest BCUT2D eigenvalue weighted by Gasteiger charge is -2.10. The van der Waals surface area contributed by atoms with Gasteiger partial charge in [0, 0.05) is 6.07 Å². The van der Waals surface area contributed by atoms with Gasteiger partial charge in [0.25, 0.3) is 0 Å². The monoisotopic (exact) mass is 244 g/mol. The van der Waals surface area contributed by atoms with Gasteiger partial charge in [-0.1, -0.05) is 17.7 Å². The van der Waals surface area contributed by atoms with Crippen LogP contribution in [0.2, 0.25) is 0 Å². The van der Waals surface area contributed by atoms with Crippen LogP contribution in [0.1, 0.15) is 5.56 Å². The minimum Gasteiger partial charge on any atom is -0.493 e. The molecular weight excluding hydrogens is 228 g/mol. The maximum Gasteiger partial charge on any atom is 0.164 e. The standard InChI is InChI=1S/C15H16O3/c1-11-4-6-12(7-5-11)18-13-8-9-14(16-2)15(10-13)17-3/h4-10H,1-3H3. The predicted molar refractivity (Wildman–Crippen MR) is 70.8 cm³/mol. The summed E-state index contributed by atoms with van der Waals surface area (Å²) in [4.78, 5) is 0. The second-order valence-electron chi connectivity index (χ2n) is 3.93. The highest BCUT2D eigenvalue weighted by atomic mass is 16.5. The Kier molecular flexibility index (Phi) is 3.72. The summed E-state index contributed by atoms with van der Waals surface area (Å²) in [6.07, 6.45) is 0. The van der Waals surface area contributed by atoms with Gasteiger partial charge in [-0.15, -0.1) is 0 Å². The van der Waals surface area contributed by atoms with Crippen LogP contribution in [0.4, 0.5) is 0 Å². The fourth-order valence-electron chi connectivity index (χ4n) is 1.62. The molecule has 2 aromatic carbocycles.